The number of carbonyl (C=O) groups excluding carboxylic acids is 3. The van der Waals surface area contributed by atoms with Crippen LogP contribution in [0.25, 0.3) is 11.1 Å². The van der Waals surface area contributed by atoms with Gasteiger partial charge in [0.2, 0.25) is 5.91 Å². The van der Waals surface area contributed by atoms with Crippen molar-refractivity contribution in [2.24, 2.45) is 0 Å². The van der Waals surface area contributed by atoms with Crippen molar-refractivity contribution < 1.29 is 23.9 Å². The van der Waals surface area contributed by atoms with Crippen LogP contribution in [0.2, 0.25) is 0 Å². The van der Waals surface area contributed by atoms with Crippen LogP contribution in [0.15, 0.2) is 54.6 Å². The largest absolute Gasteiger partial charge is 0.444 e. The van der Waals surface area contributed by atoms with Gasteiger partial charge < -0.3 is 25.0 Å². The highest BCUT2D eigenvalue weighted by Gasteiger charge is 2.25. The molecule has 3 amide bonds. The normalized spacial score (nSPS) is 13.5. The minimum absolute atomic E-state index is 0.0781. The van der Waals surface area contributed by atoms with E-state index in [1.54, 1.807) is 31.4 Å². The molecule has 3 aromatic rings. The Hall–Kier alpha value is -4.51. The Morgan fingerprint density at radius 3 is 2.20 bits per heavy atom. The van der Waals surface area contributed by atoms with E-state index in [0.29, 0.717) is 41.7 Å². The molecule has 2 aromatic carbocycles. The van der Waals surface area contributed by atoms with Crippen LogP contribution in [-0.4, -0.2) is 66.3 Å². The highest BCUT2D eigenvalue weighted by Crippen LogP contribution is 2.27. The SMILES string of the molecule is COCCNC(=O)CN(c1cc(CNC(=O)c2ccc(-c3ccc(NC(=O)OC(C)(C)C)cc3)cc2)nc(C)n1)C1CCCCC1. The summed E-state index contributed by atoms with van der Waals surface area (Å²) in [5.41, 5.74) is 3.13. The molecule has 1 fully saturated rings. The Labute approximate surface area is 271 Å². The smallest absolute Gasteiger partial charge is 0.412 e. The van der Waals surface area contributed by atoms with Gasteiger partial charge in [-0.05, 0) is 75.9 Å². The number of carbonyl (C=O) groups is 3. The number of hydrogen-bond acceptors (Lipinski definition) is 8. The molecule has 1 saturated carbocycles. The summed E-state index contributed by atoms with van der Waals surface area (Å²) in [4.78, 5) is 49.2. The van der Waals surface area contributed by atoms with E-state index in [9.17, 15) is 14.4 Å². The van der Waals surface area contributed by atoms with Crippen LogP contribution in [0.3, 0.4) is 0 Å². The van der Waals surface area contributed by atoms with Gasteiger partial charge in [0, 0.05) is 37.0 Å². The van der Waals surface area contributed by atoms with Crippen molar-refractivity contribution in [3.05, 3.63) is 71.7 Å². The first-order chi connectivity index (χ1) is 22.0. The molecule has 0 saturated heterocycles. The Bertz CT molecular complexity index is 1460. The van der Waals surface area contributed by atoms with E-state index in [-0.39, 0.29) is 30.9 Å². The van der Waals surface area contributed by atoms with Gasteiger partial charge in [0.1, 0.15) is 17.2 Å². The minimum atomic E-state index is -0.575. The second kappa shape index (κ2) is 16.2. The molecular formula is C35H46N6O5. The molecule has 3 N–H and O–H groups in total. The third-order valence-corrected chi connectivity index (χ3v) is 7.57. The molecule has 0 aliphatic heterocycles. The van der Waals surface area contributed by atoms with Crippen molar-refractivity contribution in [3.63, 3.8) is 0 Å². The van der Waals surface area contributed by atoms with Crippen LogP contribution in [0.4, 0.5) is 16.3 Å². The van der Waals surface area contributed by atoms with E-state index in [4.69, 9.17) is 9.47 Å². The number of nitrogens with zero attached hydrogens (tertiary/aromatic N) is 3. The van der Waals surface area contributed by atoms with Gasteiger partial charge in [0.25, 0.3) is 5.91 Å². The fourth-order valence-electron chi connectivity index (χ4n) is 5.40. The van der Waals surface area contributed by atoms with Gasteiger partial charge in [0.05, 0.1) is 25.4 Å². The average molecular weight is 631 g/mol. The number of methoxy groups -OCH3 is 1. The highest BCUT2D eigenvalue weighted by molar-refractivity contribution is 5.94. The van der Waals surface area contributed by atoms with Crippen molar-refractivity contribution in [2.45, 2.75) is 78.0 Å². The zero-order valence-electron chi connectivity index (χ0n) is 27.5. The van der Waals surface area contributed by atoms with Gasteiger partial charge in [0.15, 0.2) is 0 Å². The van der Waals surface area contributed by atoms with Gasteiger partial charge in [-0.25, -0.2) is 14.8 Å². The zero-order chi connectivity index (χ0) is 33.1. The van der Waals surface area contributed by atoms with Gasteiger partial charge in [-0.15, -0.1) is 0 Å². The summed E-state index contributed by atoms with van der Waals surface area (Å²) in [5.74, 6) is 0.981. The summed E-state index contributed by atoms with van der Waals surface area (Å²) in [7, 11) is 1.61. The molecule has 0 bridgehead atoms. The number of anilines is 2. The average Bonchev–Trinajstić information content (AvgIpc) is 3.02. The molecule has 1 aromatic heterocycles. The molecule has 0 atom stereocenters. The molecule has 11 nitrogen and oxygen atoms in total. The highest BCUT2D eigenvalue weighted by atomic mass is 16.6. The Balaban J connectivity index is 1.38. The van der Waals surface area contributed by atoms with Crippen molar-refractivity contribution in [1.82, 2.24) is 20.6 Å². The molecular weight excluding hydrogens is 584 g/mol. The van der Waals surface area contributed by atoms with Crippen molar-refractivity contribution >= 4 is 29.4 Å². The molecule has 0 radical (unpaired) electrons. The molecule has 0 spiro atoms. The van der Waals surface area contributed by atoms with E-state index in [1.165, 1.54) is 6.42 Å². The van der Waals surface area contributed by atoms with E-state index in [1.807, 2.05) is 58.0 Å². The summed E-state index contributed by atoms with van der Waals surface area (Å²) < 4.78 is 10.4. The van der Waals surface area contributed by atoms with E-state index < -0.39 is 11.7 Å². The minimum Gasteiger partial charge on any atom is -0.444 e. The summed E-state index contributed by atoms with van der Waals surface area (Å²) in [6, 6.07) is 16.8. The lowest BCUT2D eigenvalue weighted by atomic mass is 9.94. The number of aryl methyl sites for hydroxylation is 1. The number of amides is 3. The first kappa shape index (κ1) is 34.4. The topological polar surface area (TPSA) is 135 Å². The number of rotatable bonds is 12. The van der Waals surface area contributed by atoms with Gasteiger partial charge >= 0.3 is 6.09 Å². The molecule has 1 aliphatic carbocycles. The van der Waals surface area contributed by atoms with Crippen LogP contribution >= 0.6 is 0 Å². The fraction of sp³-hybridized carbons (Fsp3) is 0.457. The molecule has 246 valence electrons. The first-order valence-corrected chi connectivity index (χ1v) is 15.9. The van der Waals surface area contributed by atoms with Crippen LogP contribution in [-0.2, 0) is 20.8 Å². The van der Waals surface area contributed by atoms with Crippen molar-refractivity contribution in [1.29, 1.82) is 0 Å². The number of benzene rings is 2. The zero-order valence-corrected chi connectivity index (χ0v) is 27.5. The van der Waals surface area contributed by atoms with Gasteiger partial charge in [-0.1, -0.05) is 43.5 Å². The molecule has 11 heteroatoms. The lowest BCUT2D eigenvalue weighted by Gasteiger charge is -2.35. The molecule has 1 heterocycles. The summed E-state index contributed by atoms with van der Waals surface area (Å²) >= 11 is 0. The predicted octanol–water partition coefficient (Wildman–Crippen LogP) is 5.63. The number of aromatic nitrogens is 2. The first-order valence-electron chi connectivity index (χ1n) is 15.9. The maximum absolute atomic E-state index is 13.1. The second-order valence-corrected chi connectivity index (χ2v) is 12.5. The molecule has 4 rings (SSSR count). The maximum atomic E-state index is 13.1. The van der Waals surface area contributed by atoms with E-state index in [0.717, 1.165) is 36.8 Å². The predicted molar refractivity (Wildman–Crippen MR) is 179 cm³/mol. The second-order valence-electron chi connectivity index (χ2n) is 12.5. The van der Waals surface area contributed by atoms with Crippen molar-refractivity contribution in [3.8, 4) is 11.1 Å². The summed E-state index contributed by atoms with van der Waals surface area (Å²) in [6.45, 7) is 8.60. The van der Waals surface area contributed by atoms with Crippen LogP contribution in [0.1, 0.15) is 74.8 Å². The van der Waals surface area contributed by atoms with Crippen LogP contribution in [0.5, 0.6) is 0 Å². The Morgan fingerprint density at radius 2 is 1.57 bits per heavy atom. The molecule has 0 unspecified atom stereocenters. The van der Waals surface area contributed by atoms with E-state index >= 15 is 0 Å². The third kappa shape index (κ3) is 10.5. The van der Waals surface area contributed by atoms with Gasteiger partial charge in [-0.2, -0.15) is 0 Å². The Morgan fingerprint density at radius 1 is 0.913 bits per heavy atom. The molecule has 46 heavy (non-hydrogen) atoms. The monoisotopic (exact) mass is 630 g/mol. The lowest BCUT2D eigenvalue weighted by molar-refractivity contribution is -0.120. The standard InChI is InChI=1S/C35H46N6O5/c1-24-38-29(21-31(39-24)41(30-9-7-6-8-10-30)23-32(42)36-19-20-45-5)22-37-33(43)27-13-11-25(12-14-27)26-15-17-28(18-16-26)40-34(44)46-35(2,3)4/h11-18,21,30H,6-10,19-20,22-23H2,1-5H3,(H,36,42)(H,37,43)(H,40,44). The Kier molecular flexibility index (Phi) is 12.1. The number of hydrogen-bond donors (Lipinski definition) is 3. The fourth-order valence-corrected chi connectivity index (χ4v) is 5.40. The lowest BCUT2D eigenvalue weighted by Crippen LogP contribution is -2.45. The quantitative estimate of drug-likeness (QED) is 0.219. The van der Waals surface area contributed by atoms with Crippen molar-refractivity contribution in [2.75, 3.05) is 37.0 Å². The summed E-state index contributed by atoms with van der Waals surface area (Å²) in [5, 5.41) is 8.61. The number of ether oxygens (including phenoxy) is 2. The van der Waals surface area contributed by atoms with E-state index in [2.05, 4.69) is 30.8 Å². The molecule has 1 aliphatic rings. The number of nitrogens with one attached hydrogen (secondary N) is 3. The third-order valence-electron chi connectivity index (χ3n) is 7.57. The van der Waals surface area contributed by atoms with Gasteiger partial charge in [-0.3, -0.25) is 14.9 Å². The van der Waals surface area contributed by atoms with Crippen LogP contribution in [0, 0.1) is 6.92 Å². The maximum Gasteiger partial charge on any atom is 0.412 e. The summed E-state index contributed by atoms with van der Waals surface area (Å²) in [6.07, 6.45) is 4.94. The van der Waals surface area contributed by atoms with Crippen LogP contribution < -0.4 is 20.9 Å².